The zero-order valence-electron chi connectivity index (χ0n) is 23.5. The van der Waals surface area contributed by atoms with Crippen molar-refractivity contribution in [3.8, 4) is 23.7 Å². The van der Waals surface area contributed by atoms with Crippen LogP contribution in [0.5, 0.6) is 0 Å². The number of benzene rings is 2. The number of esters is 1. The molecule has 2 aromatic carbocycles. The van der Waals surface area contributed by atoms with Gasteiger partial charge < -0.3 is 24.3 Å². The predicted octanol–water partition coefficient (Wildman–Crippen LogP) is 3.73. The van der Waals surface area contributed by atoms with E-state index in [0.717, 1.165) is 0 Å². The second-order valence-electron chi connectivity index (χ2n) is 10.7. The summed E-state index contributed by atoms with van der Waals surface area (Å²) in [6.45, 7) is 4.27. The van der Waals surface area contributed by atoms with Crippen molar-refractivity contribution >= 4 is 29.5 Å². The highest BCUT2D eigenvalue weighted by Crippen LogP contribution is 2.59. The van der Waals surface area contributed by atoms with E-state index < -0.39 is 59.1 Å². The topological polar surface area (TPSA) is 150 Å². The number of para-hydroxylation sites is 2. The molecule has 4 atom stereocenters. The maximum atomic E-state index is 13.6. The number of epoxide rings is 1. The molecular weight excluding hydrogens is 558 g/mol. The molecule has 1 N–H and O–H groups in total. The predicted molar refractivity (Wildman–Crippen MR) is 151 cm³/mol. The zero-order valence-corrected chi connectivity index (χ0v) is 23.5. The molecule has 220 valence electrons. The summed E-state index contributed by atoms with van der Waals surface area (Å²) < 4.78 is 22.7. The smallest absolute Gasteiger partial charge is 0.415 e. The van der Waals surface area contributed by atoms with E-state index in [1.54, 1.807) is 51.1 Å². The lowest BCUT2D eigenvalue weighted by molar-refractivity contribution is -0.385. The van der Waals surface area contributed by atoms with Gasteiger partial charge in [0.1, 0.15) is 30.9 Å². The van der Waals surface area contributed by atoms with Gasteiger partial charge in [0.15, 0.2) is 11.7 Å². The van der Waals surface area contributed by atoms with Crippen molar-refractivity contribution in [2.24, 2.45) is 0 Å². The second-order valence-corrected chi connectivity index (χ2v) is 10.7. The first-order valence-corrected chi connectivity index (χ1v) is 13.3. The van der Waals surface area contributed by atoms with Gasteiger partial charge in [-0.3, -0.25) is 19.8 Å². The molecule has 0 radical (unpaired) electrons. The molecule has 2 aliphatic heterocycles. The average molecular weight is 586 g/mol. The van der Waals surface area contributed by atoms with Crippen LogP contribution < -0.4 is 10.2 Å². The van der Waals surface area contributed by atoms with Gasteiger partial charge in [0.05, 0.1) is 16.2 Å². The number of ether oxygens (including phenoxy) is 4. The first-order valence-electron chi connectivity index (χ1n) is 13.3. The molecule has 12 nitrogen and oxygen atoms in total. The van der Waals surface area contributed by atoms with E-state index >= 15 is 0 Å². The van der Waals surface area contributed by atoms with Crippen molar-refractivity contribution in [2.45, 2.75) is 56.8 Å². The van der Waals surface area contributed by atoms with Gasteiger partial charge in [0.25, 0.3) is 5.69 Å². The highest BCUT2D eigenvalue weighted by atomic mass is 16.7. The third kappa shape index (κ3) is 6.01. The van der Waals surface area contributed by atoms with E-state index in [4.69, 9.17) is 18.9 Å². The molecule has 3 aliphatic rings. The van der Waals surface area contributed by atoms with E-state index in [1.807, 2.05) is 0 Å². The van der Waals surface area contributed by atoms with Crippen LogP contribution in [0, 0.1) is 33.8 Å². The number of alkyl carbamates (subject to hydrolysis) is 1. The van der Waals surface area contributed by atoms with Crippen molar-refractivity contribution < 1.29 is 38.3 Å². The number of rotatable bonds is 6. The number of carbonyl (C=O) groups is 3. The van der Waals surface area contributed by atoms with E-state index in [1.165, 1.54) is 35.3 Å². The quantitative estimate of drug-likeness (QED) is 0.134. The number of hydrogen-bond donors (Lipinski definition) is 1. The minimum Gasteiger partial charge on any atom is -0.444 e. The minimum absolute atomic E-state index is 0.174. The Morgan fingerprint density at radius 1 is 1.07 bits per heavy atom. The summed E-state index contributed by atoms with van der Waals surface area (Å²) >= 11 is 0. The Kier molecular flexibility index (Phi) is 7.81. The van der Waals surface area contributed by atoms with Crippen LogP contribution in [0.1, 0.15) is 31.9 Å². The van der Waals surface area contributed by atoms with Crippen LogP contribution in [-0.4, -0.2) is 53.5 Å². The number of nitro groups is 1. The van der Waals surface area contributed by atoms with Crippen LogP contribution in [0.3, 0.4) is 0 Å². The molecule has 1 saturated heterocycles. The maximum absolute atomic E-state index is 13.6. The summed E-state index contributed by atoms with van der Waals surface area (Å²) in [6.07, 6.45) is -0.490. The van der Waals surface area contributed by atoms with Gasteiger partial charge >= 0.3 is 18.2 Å². The summed E-state index contributed by atoms with van der Waals surface area (Å²) in [5.41, 5.74) is -1.05. The Hall–Kier alpha value is -5.33. The summed E-state index contributed by atoms with van der Waals surface area (Å²) in [6, 6.07) is 12.0. The standard InChI is InChI=1S/C31H27N3O9/c1-30(2,3)43-28(36)32-18-26(35)41-25-17-7-5-4-6-16-24-27-31(25,42-27)21-13-9-11-15-23(21)33(24)29(37)40-19-20-12-8-10-14-22(20)34(38)39/h4-5,8-15,24-25,27H,18-19H2,1-3H3,(H,32,36)/b5-4-/t24-,25+,27-,31-/m0/s1. The van der Waals surface area contributed by atoms with Crippen molar-refractivity contribution in [1.29, 1.82) is 0 Å². The van der Waals surface area contributed by atoms with E-state index in [9.17, 15) is 24.5 Å². The first kappa shape index (κ1) is 29.2. The molecule has 12 heteroatoms. The summed E-state index contributed by atoms with van der Waals surface area (Å²) in [5, 5.41) is 13.8. The average Bonchev–Trinajstić information content (AvgIpc) is 3.72. The lowest BCUT2D eigenvalue weighted by Crippen LogP contribution is -2.51. The third-order valence-corrected chi connectivity index (χ3v) is 6.68. The van der Waals surface area contributed by atoms with Crippen molar-refractivity contribution in [3.63, 3.8) is 0 Å². The third-order valence-electron chi connectivity index (χ3n) is 6.68. The number of allylic oxidation sites excluding steroid dienone is 2. The number of fused-ring (bicyclic) bond motifs is 1. The van der Waals surface area contributed by atoms with Crippen LogP contribution in [-0.2, 0) is 35.9 Å². The van der Waals surface area contributed by atoms with E-state index in [0.29, 0.717) is 11.3 Å². The highest BCUT2D eigenvalue weighted by molar-refractivity contribution is 5.92. The maximum Gasteiger partial charge on any atom is 0.415 e. The van der Waals surface area contributed by atoms with Gasteiger partial charge in [-0.1, -0.05) is 54.0 Å². The van der Waals surface area contributed by atoms with Crippen LogP contribution in [0.4, 0.5) is 21.0 Å². The molecule has 2 bridgehead atoms. The van der Waals surface area contributed by atoms with Crippen molar-refractivity contribution in [1.82, 2.24) is 5.32 Å². The van der Waals surface area contributed by atoms with Crippen molar-refractivity contribution in [3.05, 3.63) is 81.9 Å². The number of hydrogen-bond acceptors (Lipinski definition) is 9. The molecule has 0 unspecified atom stereocenters. The molecule has 0 spiro atoms. The Bertz CT molecular complexity index is 1640. The molecule has 43 heavy (non-hydrogen) atoms. The Morgan fingerprint density at radius 3 is 2.51 bits per heavy atom. The molecule has 0 saturated carbocycles. The van der Waals surface area contributed by atoms with Crippen LogP contribution >= 0.6 is 0 Å². The Balaban J connectivity index is 1.42. The summed E-state index contributed by atoms with van der Waals surface area (Å²) in [7, 11) is 0. The number of nitrogens with one attached hydrogen (secondary N) is 1. The number of nitrogens with zero attached hydrogens (tertiary/aromatic N) is 2. The molecule has 0 aromatic heterocycles. The minimum atomic E-state index is -1.26. The lowest BCUT2D eigenvalue weighted by Gasteiger charge is -2.36. The largest absolute Gasteiger partial charge is 0.444 e. The molecule has 1 aliphatic carbocycles. The molecule has 2 heterocycles. The van der Waals surface area contributed by atoms with Gasteiger partial charge in [-0.15, -0.1) is 0 Å². The Morgan fingerprint density at radius 2 is 1.77 bits per heavy atom. The van der Waals surface area contributed by atoms with Crippen LogP contribution in [0.2, 0.25) is 0 Å². The monoisotopic (exact) mass is 585 g/mol. The van der Waals surface area contributed by atoms with E-state index in [2.05, 4.69) is 29.0 Å². The molecule has 2 aromatic rings. The van der Waals surface area contributed by atoms with Crippen molar-refractivity contribution in [2.75, 3.05) is 11.4 Å². The molecule has 5 rings (SSSR count). The van der Waals surface area contributed by atoms with Gasteiger partial charge in [-0.2, -0.15) is 0 Å². The van der Waals surface area contributed by atoms with Gasteiger partial charge in [0.2, 0.25) is 0 Å². The number of anilines is 1. The fourth-order valence-electron chi connectivity index (χ4n) is 4.91. The van der Waals surface area contributed by atoms with Crippen LogP contribution in [0.25, 0.3) is 0 Å². The number of nitro benzene ring substituents is 1. The molecule has 2 amide bonds. The zero-order chi connectivity index (χ0) is 30.8. The fourth-order valence-corrected chi connectivity index (χ4v) is 4.91. The highest BCUT2D eigenvalue weighted by Gasteiger charge is 2.72. The van der Waals surface area contributed by atoms with Crippen LogP contribution in [0.15, 0.2) is 60.7 Å². The van der Waals surface area contributed by atoms with Gasteiger partial charge in [0, 0.05) is 11.6 Å². The number of amides is 2. The summed E-state index contributed by atoms with van der Waals surface area (Å²) in [4.78, 5) is 50.7. The summed E-state index contributed by atoms with van der Waals surface area (Å²) in [5.74, 6) is 10.8. The fraction of sp³-hybridized carbons (Fsp3) is 0.323. The molecule has 1 fully saturated rings. The Labute approximate surface area is 247 Å². The van der Waals surface area contributed by atoms with Gasteiger partial charge in [-0.05, 0) is 45.1 Å². The second kappa shape index (κ2) is 11.5. The SMILES string of the molecule is CC(C)(C)OC(=O)NCC(=O)O[C@@H]1C#C/C=C\C#C[C@H]2[C@@H]3O[C@@]13c1ccccc1N2C(=O)OCc1ccccc1[N+](=O)[O-]. The first-order chi connectivity index (χ1) is 20.5. The lowest BCUT2D eigenvalue weighted by atomic mass is 9.81. The number of carbonyl (C=O) groups excluding carboxylic acids is 3. The van der Waals surface area contributed by atoms with E-state index in [-0.39, 0.29) is 17.9 Å². The van der Waals surface area contributed by atoms with Gasteiger partial charge in [-0.25, -0.2) is 9.59 Å². The normalized spacial score (nSPS) is 23.3. The molecular formula is C31H27N3O9.